The molecular weight excluding hydrogens is 270 g/mol. The summed E-state index contributed by atoms with van der Waals surface area (Å²) in [5.41, 5.74) is 3.89. The van der Waals surface area contributed by atoms with Crippen LogP contribution in [0, 0.1) is 6.92 Å². The largest absolute Gasteiger partial charge is 0.506 e. The average molecular weight is 284 g/mol. The van der Waals surface area contributed by atoms with Gasteiger partial charge in [-0.3, -0.25) is 0 Å². The molecule has 100 valence electrons. The molecule has 3 rings (SSSR count). The molecule has 0 saturated carbocycles. The van der Waals surface area contributed by atoms with Crippen molar-refractivity contribution in [1.29, 1.82) is 0 Å². The van der Waals surface area contributed by atoms with Crippen molar-refractivity contribution in [2.75, 3.05) is 0 Å². The van der Waals surface area contributed by atoms with Crippen LogP contribution in [0.4, 0.5) is 0 Å². The molecule has 0 bridgehead atoms. The van der Waals surface area contributed by atoms with E-state index in [1.807, 2.05) is 24.3 Å². The number of fused-ring (bicyclic) bond motifs is 1. The molecule has 0 saturated heterocycles. The van der Waals surface area contributed by atoms with Crippen LogP contribution in [0.5, 0.6) is 5.75 Å². The van der Waals surface area contributed by atoms with E-state index in [1.54, 1.807) is 13.0 Å². The maximum absolute atomic E-state index is 9.75. The van der Waals surface area contributed by atoms with Gasteiger partial charge in [0.2, 0.25) is 0 Å². The Balaban J connectivity index is 1.98. The molecule has 3 aromatic rings. The number of pyridine rings is 1. The molecular formula is C17H14ClNO. The average Bonchev–Trinajstić information content (AvgIpc) is 2.40. The van der Waals surface area contributed by atoms with Crippen molar-refractivity contribution in [2.24, 2.45) is 0 Å². The summed E-state index contributed by atoms with van der Waals surface area (Å²) in [6.45, 7) is 1.80. The van der Waals surface area contributed by atoms with Gasteiger partial charge in [-0.1, -0.05) is 29.8 Å². The maximum atomic E-state index is 9.75. The number of halogens is 1. The fourth-order valence-corrected chi connectivity index (χ4v) is 2.52. The third kappa shape index (κ3) is 2.61. The fourth-order valence-electron chi connectivity index (χ4n) is 2.30. The smallest absolute Gasteiger partial charge is 0.137 e. The molecule has 0 spiro atoms. The Hall–Kier alpha value is -2.06. The SMILES string of the molecule is Cc1nc2ccc(Cc3cccc(Cl)c3)cc2cc1O. The van der Waals surface area contributed by atoms with Gasteiger partial charge >= 0.3 is 0 Å². The van der Waals surface area contributed by atoms with Crippen LogP contribution in [0.25, 0.3) is 10.9 Å². The van der Waals surface area contributed by atoms with Crippen LogP contribution in [0.15, 0.2) is 48.5 Å². The minimum Gasteiger partial charge on any atom is -0.506 e. The number of nitrogens with zero attached hydrogens (tertiary/aromatic N) is 1. The number of aryl methyl sites for hydroxylation is 1. The topological polar surface area (TPSA) is 33.1 Å². The van der Waals surface area contributed by atoms with Crippen molar-refractivity contribution in [3.8, 4) is 5.75 Å². The highest BCUT2D eigenvalue weighted by molar-refractivity contribution is 6.30. The lowest BCUT2D eigenvalue weighted by atomic mass is 10.0. The number of hydrogen-bond donors (Lipinski definition) is 1. The molecule has 0 aliphatic carbocycles. The van der Waals surface area contributed by atoms with Gasteiger partial charge in [0.15, 0.2) is 0 Å². The van der Waals surface area contributed by atoms with E-state index < -0.39 is 0 Å². The second-order valence-corrected chi connectivity index (χ2v) is 5.36. The Morgan fingerprint density at radius 1 is 1.05 bits per heavy atom. The van der Waals surface area contributed by atoms with Crippen molar-refractivity contribution >= 4 is 22.5 Å². The van der Waals surface area contributed by atoms with E-state index in [0.29, 0.717) is 5.69 Å². The Labute approximate surface area is 122 Å². The van der Waals surface area contributed by atoms with Gasteiger partial charge in [0.05, 0.1) is 11.2 Å². The normalized spacial score (nSPS) is 10.9. The molecule has 1 aromatic heterocycles. The molecule has 0 atom stereocenters. The molecule has 0 fully saturated rings. The van der Waals surface area contributed by atoms with Gasteiger partial charge < -0.3 is 5.11 Å². The Bertz CT molecular complexity index is 783. The van der Waals surface area contributed by atoms with E-state index in [2.05, 4.69) is 23.2 Å². The molecule has 3 heteroatoms. The Kier molecular flexibility index (Phi) is 3.33. The summed E-state index contributed by atoms with van der Waals surface area (Å²) in [6, 6.07) is 15.7. The third-order valence-corrected chi connectivity index (χ3v) is 3.58. The van der Waals surface area contributed by atoms with Crippen LogP contribution in [0.1, 0.15) is 16.8 Å². The highest BCUT2D eigenvalue weighted by Crippen LogP contribution is 2.23. The van der Waals surface area contributed by atoms with Crippen LogP contribution < -0.4 is 0 Å². The number of aromatic hydroxyl groups is 1. The lowest BCUT2D eigenvalue weighted by molar-refractivity contribution is 0.469. The van der Waals surface area contributed by atoms with Crippen molar-refractivity contribution in [1.82, 2.24) is 4.98 Å². The standard InChI is InChI=1S/C17H14ClNO/c1-11-17(20)10-14-8-13(5-6-16(14)19-11)7-12-3-2-4-15(18)9-12/h2-6,8-10,20H,7H2,1H3. The van der Waals surface area contributed by atoms with Gasteiger partial charge in [-0.2, -0.15) is 0 Å². The zero-order valence-electron chi connectivity index (χ0n) is 11.1. The predicted octanol–water partition coefficient (Wildman–Crippen LogP) is 4.49. The highest BCUT2D eigenvalue weighted by atomic mass is 35.5. The number of benzene rings is 2. The number of aromatic nitrogens is 1. The summed E-state index contributed by atoms with van der Waals surface area (Å²) in [7, 11) is 0. The molecule has 0 radical (unpaired) electrons. The van der Waals surface area contributed by atoms with Crippen molar-refractivity contribution in [2.45, 2.75) is 13.3 Å². The van der Waals surface area contributed by atoms with E-state index in [1.165, 1.54) is 11.1 Å². The summed E-state index contributed by atoms with van der Waals surface area (Å²) in [4.78, 5) is 4.37. The zero-order chi connectivity index (χ0) is 14.1. The molecule has 1 N–H and O–H groups in total. The molecule has 0 aliphatic heterocycles. The number of rotatable bonds is 2. The lowest BCUT2D eigenvalue weighted by Crippen LogP contribution is -1.90. The first-order valence-corrected chi connectivity index (χ1v) is 6.83. The van der Waals surface area contributed by atoms with Crippen LogP contribution in [-0.2, 0) is 6.42 Å². The molecule has 0 aliphatic rings. The third-order valence-electron chi connectivity index (χ3n) is 3.34. The highest BCUT2D eigenvalue weighted by Gasteiger charge is 2.04. The zero-order valence-corrected chi connectivity index (χ0v) is 11.9. The second kappa shape index (κ2) is 5.14. The first-order chi connectivity index (χ1) is 9.61. The van der Waals surface area contributed by atoms with Gasteiger partial charge in [0.1, 0.15) is 5.75 Å². The first kappa shape index (κ1) is 12.9. The van der Waals surface area contributed by atoms with Crippen LogP contribution in [-0.4, -0.2) is 10.1 Å². The van der Waals surface area contributed by atoms with E-state index in [4.69, 9.17) is 11.6 Å². The molecule has 2 aromatic carbocycles. The van der Waals surface area contributed by atoms with Gasteiger partial charge in [-0.05, 0) is 54.8 Å². The van der Waals surface area contributed by atoms with Crippen molar-refractivity contribution in [3.63, 3.8) is 0 Å². The van der Waals surface area contributed by atoms with Crippen molar-refractivity contribution < 1.29 is 5.11 Å². The second-order valence-electron chi connectivity index (χ2n) is 4.93. The molecule has 1 heterocycles. The Morgan fingerprint density at radius 3 is 2.65 bits per heavy atom. The molecule has 2 nitrogen and oxygen atoms in total. The summed E-state index contributed by atoms with van der Waals surface area (Å²) in [5.74, 6) is 0.234. The van der Waals surface area contributed by atoms with Crippen LogP contribution in [0.2, 0.25) is 5.02 Å². The van der Waals surface area contributed by atoms with Gasteiger partial charge in [0, 0.05) is 10.4 Å². The van der Waals surface area contributed by atoms with Gasteiger partial charge in [-0.25, -0.2) is 4.98 Å². The van der Waals surface area contributed by atoms with E-state index in [-0.39, 0.29) is 5.75 Å². The monoisotopic (exact) mass is 283 g/mol. The number of hydrogen-bond acceptors (Lipinski definition) is 2. The first-order valence-electron chi connectivity index (χ1n) is 6.45. The molecule has 0 unspecified atom stereocenters. The van der Waals surface area contributed by atoms with Gasteiger partial charge in [0.25, 0.3) is 0 Å². The summed E-state index contributed by atoms with van der Waals surface area (Å²) >= 11 is 6.00. The molecule has 0 amide bonds. The summed E-state index contributed by atoms with van der Waals surface area (Å²) in [5, 5.41) is 11.5. The van der Waals surface area contributed by atoms with E-state index in [0.717, 1.165) is 22.3 Å². The maximum Gasteiger partial charge on any atom is 0.137 e. The van der Waals surface area contributed by atoms with Crippen LogP contribution >= 0.6 is 11.6 Å². The minimum absolute atomic E-state index is 0.234. The molecule has 20 heavy (non-hydrogen) atoms. The van der Waals surface area contributed by atoms with Crippen LogP contribution in [0.3, 0.4) is 0 Å². The minimum atomic E-state index is 0.234. The van der Waals surface area contributed by atoms with Gasteiger partial charge in [-0.15, -0.1) is 0 Å². The summed E-state index contributed by atoms with van der Waals surface area (Å²) < 4.78 is 0. The fraction of sp³-hybridized carbons (Fsp3) is 0.118. The predicted molar refractivity (Wildman–Crippen MR) is 82.4 cm³/mol. The summed E-state index contributed by atoms with van der Waals surface area (Å²) in [6.07, 6.45) is 0.811. The Morgan fingerprint density at radius 2 is 1.85 bits per heavy atom. The lowest BCUT2D eigenvalue weighted by Gasteiger charge is -2.06. The van der Waals surface area contributed by atoms with Crippen molar-refractivity contribution in [3.05, 3.63) is 70.4 Å². The van der Waals surface area contributed by atoms with E-state index >= 15 is 0 Å². The van der Waals surface area contributed by atoms with E-state index in [9.17, 15) is 5.11 Å². The quantitative estimate of drug-likeness (QED) is 0.751.